The Morgan fingerprint density at radius 1 is 1.53 bits per heavy atom. The lowest BCUT2D eigenvalue weighted by atomic mass is 10.1. The van der Waals surface area contributed by atoms with Crippen LogP contribution in [0.1, 0.15) is 50.3 Å². The van der Waals surface area contributed by atoms with E-state index >= 15 is 0 Å². The molecule has 2 heterocycles. The summed E-state index contributed by atoms with van der Waals surface area (Å²) in [7, 11) is 0. The predicted molar refractivity (Wildman–Crippen MR) is 77.2 cm³/mol. The molecule has 1 aromatic rings. The number of nitrogens with one attached hydrogen (secondary N) is 1. The van der Waals surface area contributed by atoms with Crippen molar-refractivity contribution in [1.82, 2.24) is 15.1 Å². The highest BCUT2D eigenvalue weighted by Gasteiger charge is 2.14. The molecule has 1 saturated heterocycles. The SMILES string of the molecule is CCCNCc1cn(CCCC2CCCO2)nc1C. The zero-order valence-corrected chi connectivity index (χ0v) is 12.3. The first-order chi connectivity index (χ1) is 9.29. The lowest BCUT2D eigenvalue weighted by Gasteiger charge is -2.08. The summed E-state index contributed by atoms with van der Waals surface area (Å²) in [5.74, 6) is 0. The molecule has 1 aliphatic rings. The maximum Gasteiger partial charge on any atom is 0.0638 e. The van der Waals surface area contributed by atoms with E-state index in [1.807, 2.05) is 0 Å². The number of hydrogen-bond acceptors (Lipinski definition) is 3. The van der Waals surface area contributed by atoms with E-state index in [9.17, 15) is 0 Å². The summed E-state index contributed by atoms with van der Waals surface area (Å²) in [4.78, 5) is 0. The van der Waals surface area contributed by atoms with Crippen LogP contribution in [0.15, 0.2) is 6.20 Å². The highest BCUT2D eigenvalue weighted by molar-refractivity contribution is 5.14. The van der Waals surface area contributed by atoms with Gasteiger partial charge in [-0.2, -0.15) is 5.10 Å². The fraction of sp³-hybridized carbons (Fsp3) is 0.800. The van der Waals surface area contributed by atoms with Crippen LogP contribution in [0.4, 0.5) is 0 Å². The highest BCUT2D eigenvalue weighted by atomic mass is 16.5. The van der Waals surface area contributed by atoms with E-state index in [-0.39, 0.29) is 0 Å². The van der Waals surface area contributed by atoms with Crippen LogP contribution in [0.25, 0.3) is 0 Å². The van der Waals surface area contributed by atoms with Gasteiger partial charge >= 0.3 is 0 Å². The lowest BCUT2D eigenvalue weighted by Crippen LogP contribution is -2.13. The molecular formula is C15H27N3O. The third kappa shape index (κ3) is 4.62. The lowest BCUT2D eigenvalue weighted by molar-refractivity contribution is 0.101. The summed E-state index contributed by atoms with van der Waals surface area (Å²) in [6.07, 6.45) is 8.67. The molecule has 1 N–H and O–H groups in total. The van der Waals surface area contributed by atoms with Gasteiger partial charge in [0, 0.05) is 31.5 Å². The minimum Gasteiger partial charge on any atom is -0.378 e. The van der Waals surface area contributed by atoms with Gasteiger partial charge in [0.15, 0.2) is 0 Å². The average Bonchev–Trinajstić information content (AvgIpc) is 3.01. The second kappa shape index (κ2) is 7.65. The number of rotatable bonds is 8. The van der Waals surface area contributed by atoms with Crippen molar-refractivity contribution >= 4 is 0 Å². The van der Waals surface area contributed by atoms with Gasteiger partial charge in [0.2, 0.25) is 0 Å². The number of hydrogen-bond donors (Lipinski definition) is 1. The molecule has 4 nitrogen and oxygen atoms in total. The molecular weight excluding hydrogens is 238 g/mol. The summed E-state index contributed by atoms with van der Waals surface area (Å²) in [5, 5.41) is 8.02. The molecule has 19 heavy (non-hydrogen) atoms. The third-order valence-corrected chi connectivity index (χ3v) is 3.73. The van der Waals surface area contributed by atoms with E-state index in [4.69, 9.17) is 4.74 Å². The fourth-order valence-corrected chi connectivity index (χ4v) is 2.60. The molecule has 0 aliphatic carbocycles. The van der Waals surface area contributed by atoms with Crippen molar-refractivity contribution in [3.63, 3.8) is 0 Å². The molecule has 1 aromatic heterocycles. The van der Waals surface area contributed by atoms with Crippen LogP contribution in [0.3, 0.4) is 0 Å². The van der Waals surface area contributed by atoms with Crippen molar-refractivity contribution in [2.75, 3.05) is 13.2 Å². The van der Waals surface area contributed by atoms with Gasteiger partial charge in [0.05, 0.1) is 11.8 Å². The second-order valence-electron chi connectivity index (χ2n) is 5.46. The van der Waals surface area contributed by atoms with Crippen LogP contribution in [0, 0.1) is 6.92 Å². The van der Waals surface area contributed by atoms with Crippen LogP contribution in [0.2, 0.25) is 0 Å². The number of aromatic nitrogens is 2. The quantitative estimate of drug-likeness (QED) is 0.734. The van der Waals surface area contributed by atoms with Crippen molar-refractivity contribution in [2.45, 2.75) is 65.1 Å². The number of ether oxygens (including phenoxy) is 1. The fourth-order valence-electron chi connectivity index (χ4n) is 2.60. The van der Waals surface area contributed by atoms with E-state index in [1.165, 1.54) is 31.2 Å². The molecule has 108 valence electrons. The topological polar surface area (TPSA) is 39.1 Å². The van der Waals surface area contributed by atoms with Crippen LogP contribution in [-0.2, 0) is 17.8 Å². The molecule has 0 bridgehead atoms. The first-order valence-electron chi connectivity index (χ1n) is 7.65. The molecule has 1 atom stereocenters. The first kappa shape index (κ1) is 14.5. The Morgan fingerprint density at radius 3 is 3.16 bits per heavy atom. The van der Waals surface area contributed by atoms with Crippen molar-refractivity contribution in [2.24, 2.45) is 0 Å². The zero-order valence-electron chi connectivity index (χ0n) is 12.3. The Kier molecular flexibility index (Phi) is 5.86. The van der Waals surface area contributed by atoms with Gasteiger partial charge in [0.25, 0.3) is 0 Å². The van der Waals surface area contributed by atoms with Gasteiger partial charge in [-0.05, 0) is 45.6 Å². The van der Waals surface area contributed by atoms with Gasteiger partial charge in [-0.15, -0.1) is 0 Å². The van der Waals surface area contributed by atoms with Crippen molar-refractivity contribution < 1.29 is 4.74 Å². The molecule has 0 radical (unpaired) electrons. The van der Waals surface area contributed by atoms with Gasteiger partial charge in [-0.3, -0.25) is 4.68 Å². The molecule has 0 amide bonds. The van der Waals surface area contributed by atoms with Gasteiger partial charge in [-0.1, -0.05) is 6.92 Å². The van der Waals surface area contributed by atoms with E-state index < -0.39 is 0 Å². The van der Waals surface area contributed by atoms with Gasteiger partial charge < -0.3 is 10.1 Å². The Labute approximate surface area is 116 Å². The van der Waals surface area contributed by atoms with E-state index in [1.54, 1.807) is 0 Å². The Hall–Kier alpha value is -0.870. The molecule has 0 spiro atoms. The maximum absolute atomic E-state index is 5.65. The predicted octanol–water partition coefficient (Wildman–Crippen LogP) is 2.65. The van der Waals surface area contributed by atoms with Crippen LogP contribution in [-0.4, -0.2) is 29.0 Å². The molecule has 0 saturated carbocycles. The van der Waals surface area contributed by atoms with Gasteiger partial charge in [-0.25, -0.2) is 0 Å². The third-order valence-electron chi connectivity index (χ3n) is 3.73. The molecule has 1 aliphatic heterocycles. The Bertz CT molecular complexity index is 369. The summed E-state index contributed by atoms with van der Waals surface area (Å²) in [6.45, 7) is 8.26. The second-order valence-corrected chi connectivity index (χ2v) is 5.46. The van der Waals surface area contributed by atoms with E-state index in [0.29, 0.717) is 6.10 Å². The molecule has 0 aromatic carbocycles. The largest absolute Gasteiger partial charge is 0.378 e. The number of nitrogens with zero attached hydrogens (tertiary/aromatic N) is 2. The molecule has 1 fully saturated rings. The van der Waals surface area contributed by atoms with Crippen LogP contribution < -0.4 is 5.32 Å². The minimum absolute atomic E-state index is 0.502. The first-order valence-corrected chi connectivity index (χ1v) is 7.65. The van der Waals surface area contributed by atoms with Crippen LogP contribution in [0.5, 0.6) is 0 Å². The standard InChI is InChI=1S/C15H27N3O/c1-3-8-16-11-14-12-18(17-13(14)2)9-4-6-15-7-5-10-19-15/h12,15-16H,3-11H2,1-2H3. The maximum atomic E-state index is 5.65. The normalized spacial score (nSPS) is 19.2. The Balaban J connectivity index is 1.72. The summed E-state index contributed by atoms with van der Waals surface area (Å²) in [6, 6.07) is 0. The van der Waals surface area contributed by atoms with E-state index in [0.717, 1.165) is 38.4 Å². The zero-order chi connectivity index (χ0) is 13.5. The van der Waals surface area contributed by atoms with Crippen molar-refractivity contribution in [3.05, 3.63) is 17.5 Å². The van der Waals surface area contributed by atoms with Crippen LogP contribution >= 0.6 is 0 Å². The van der Waals surface area contributed by atoms with E-state index in [2.05, 4.69) is 35.1 Å². The molecule has 1 unspecified atom stereocenters. The monoisotopic (exact) mass is 265 g/mol. The summed E-state index contributed by atoms with van der Waals surface area (Å²) >= 11 is 0. The highest BCUT2D eigenvalue weighted by Crippen LogP contribution is 2.17. The van der Waals surface area contributed by atoms with Crippen molar-refractivity contribution in [3.8, 4) is 0 Å². The average molecular weight is 265 g/mol. The number of aryl methyl sites for hydroxylation is 2. The summed E-state index contributed by atoms with van der Waals surface area (Å²) in [5.41, 5.74) is 2.48. The molecule has 4 heteroatoms. The van der Waals surface area contributed by atoms with Gasteiger partial charge in [0.1, 0.15) is 0 Å². The minimum atomic E-state index is 0.502. The summed E-state index contributed by atoms with van der Waals surface area (Å²) < 4.78 is 7.74. The molecule has 2 rings (SSSR count). The van der Waals surface area contributed by atoms with Crippen molar-refractivity contribution in [1.29, 1.82) is 0 Å². The Morgan fingerprint density at radius 2 is 2.42 bits per heavy atom. The smallest absolute Gasteiger partial charge is 0.0638 e.